The van der Waals surface area contributed by atoms with Crippen LogP contribution in [-0.4, -0.2) is 31.8 Å². The third-order valence-corrected chi connectivity index (χ3v) is 6.30. The van der Waals surface area contributed by atoms with E-state index in [9.17, 15) is 17.6 Å². The predicted molar refractivity (Wildman–Crippen MR) is 99.8 cm³/mol. The Morgan fingerprint density at radius 1 is 1.15 bits per heavy atom. The van der Waals surface area contributed by atoms with Crippen LogP contribution < -0.4 is 0 Å². The number of esters is 1. The van der Waals surface area contributed by atoms with Gasteiger partial charge in [0.05, 0.1) is 10.5 Å². The zero-order valence-corrected chi connectivity index (χ0v) is 16.8. The molecule has 2 aromatic carbocycles. The number of rotatable bonds is 7. The van der Waals surface area contributed by atoms with Crippen LogP contribution in [0.15, 0.2) is 51.8 Å². The van der Waals surface area contributed by atoms with Crippen molar-refractivity contribution < 1.29 is 22.3 Å². The van der Waals surface area contributed by atoms with Gasteiger partial charge in [0, 0.05) is 17.6 Å². The molecule has 8 heteroatoms. The summed E-state index contributed by atoms with van der Waals surface area (Å²) in [4.78, 5) is 12.1. The SMILES string of the molecule is CCN(CC)S(=O)(=O)c1ccc(F)c(C(=O)OCc2cccc(Br)c2)c1. The molecule has 0 N–H and O–H groups in total. The number of halogens is 2. The third kappa shape index (κ3) is 4.69. The first kappa shape index (κ1) is 20.5. The monoisotopic (exact) mass is 443 g/mol. The second kappa shape index (κ2) is 8.75. The number of carbonyl (C=O) groups is 1. The Morgan fingerprint density at radius 3 is 2.46 bits per heavy atom. The molecule has 2 aromatic rings. The fourth-order valence-corrected chi connectivity index (χ4v) is 4.32. The van der Waals surface area contributed by atoms with Crippen LogP contribution in [0.2, 0.25) is 0 Å². The minimum absolute atomic E-state index is 0.0509. The van der Waals surface area contributed by atoms with Crippen LogP contribution in [0, 0.1) is 5.82 Å². The lowest BCUT2D eigenvalue weighted by Crippen LogP contribution is -2.30. The van der Waals surface area contributed by atoms with Gasteiger partial charge in [-0.05, 0) is 35.9 Å². The molecule has 0 aliphatic carbocycles. The Labute approximate surface area is 161 Å². The molecule has 2 rings (SSSR count). The lowest BCUT2D eigenvalue weighted by Gasteiger charge is -2.18. The Kier molecular flexibility index (Phi) is 6.91. The average Bonchev–Trinajstić information content (AvgIpc) is 2.60. The Bertz CT molecular complexity index is 898. The van der Waals surface area contributed by atoms with Crippen molar-refractivity contribution in [3.63, 3.8) is 0 Å². The first-order chi connectivity index (χ1) is 12.3. The number of carbonyl (C=O) groups excluding carboxylic acids is 1. The van der Waals surface area contributed by atoms with Crippen molar-refractivity contribution in [2.24, 2.45) is 0 Å². The highest BCUT2D eigenvalue weighted by Gasteiger charge is 2.24. The molecule has 0 spiro atoms. The normalized spacial score (nSPS) is 11.6. The van der Waals surface area contributed by atoms with Gasteiger partial charge in [0.2, 0.25) is 10.0 Å². The first-order valence-corrected chi connectivity index (χ1v) is 10.2. The zero-order chi connectivity index (χ0) is 19.3. The highest BCUT2D eigenvalue weighted by atomic mass is 79.9. The summed E-state index contributed by atoms with van der Waals surface area (Å²) in [5, 5.41) is 0. The Morgan fingerprint density at radius 2 is 1.85 bits per heavy atom. The van der Waals surface area contributed by atoms with Crippen molar-refractivity contribution in [3.05, 3.63) is 63.9 Å². The summed E-state index contributed by atoms with van der Waals surface area (Å²) >= 11 is 3.31. The van der Waals surface area contributed by atoms with Crippen molar-refractivity contribution >= 4 is 31.9 Å². The summed E-state index contributed by atoms with van der Waals surface area (Å²) in [7, 11) is -3.79. The first-order valence-electron chi connectivity index (χ1n) is 8.00. The van der Waals surface area contributed by atoms with Gasteiger partial charge in [-0.25, -0.2) is 17.6 Å². The second-order valence-electron chi connectivity index (χ2n) is 5.44. The molecule has 0 radical (unpaired) electrons. The molecule has 0 amide bonds. The quantitative estimate of drug-likeness (QED) is 0.607. The van der Waals surface area contributed by atoms with E-state index in [4.69, 9.17) is 4.74 Å². The second-order valence-corrected chi connectivity index (χ2v) is 8.29. The van der Waals surface area contributed by atoms with Gasteiger partial charge >= 0.3 is 5.97 Å². The van der Waals surface area contributed by atoms with Crippen molar-refractivity contribution in [2.45, 2.75) is 25.3 Å². The molecule has 0 fully saturated rings. The molecule has 0 heterocycles. The molecule has 0 saturated heterocycles. The van der Waals surface area contributed by atoms with Crippen molar-refractivity contribution in [2.75, 3.05) is 13.1 Å². The summed E-state index contributed by atoms with van der Waals surface area (Å²) in [6.45, 7) is 3.91. The van der Waals surface area contributed by atoms with E-state index in [1.807, 2.05) is 6.07 Å². The molecule has 0 saturated carbocycles. The van der Waals surface area contributed by atoms with Crippen molar-refractivity contribution in [1.29, 1.82) is 0 Å². The van der Waals surface area contributed by atoms with Gasteiger partial charge in [-0.15, -0.1) is 0 Å². The summed E-state index contributed by atoms with van der Waals surface area (Å²) in [6, 6.07) is 10.3. The van der Waals surface area contributed by atoms with E-state index in [1.165, 1.54) is 4.31 Å². The summed E-state index contributed by atoms with van der Waals surface area (Å²) < 4.78 is 46.3. The fourth-order valence-electron chi connectivity index (χ4n) is 2.39. The summed E-state index contributed by atoms with van der Waals surface area (Å²) in [5.74, 6) is -1.75. The van der Waals surface area contributed by atoms with Gasteiger partial charge in [-0.1, -0.05) is 41.9 Å². The largest absolute Gasteiger partial charge is 0.457 e. The van der Waals surface area contributed by atoms with Gasteiger partial charge < -0.3 is 4.74 Å². The molecule has 26 heavy (non-hydrogen) atoms. The smallest absolute Gasteiger partial charge is 0.341 e. The number of ether oxygens (including phenoxy) is 1. The van der Waals surface area contributed by atoms with Gasteiger partial charge in [0.25, 0.3) is 0 Å². The van der Waals surface area contributed by atoms with Crippen molar-refractivity contribution in [1.82, 2.24) is 4.31 Å². The van der Waals surface area contributed by atoms with Crippen molar-refractivity contribution in [3.8, 4) is 0 Å². The van der Waals surface area contributed by atoms with E-state index in [2.05, 4.69) is 15.9 Å². The molecule has 0 unspecified atom stereocenters. The van der Waals surface area contributed by atoms with Crippen LogP contribution in [0.25, 0.3) is 0 Å². The van der Waals surface area contributed by atoms with Gasteiger partial charge in [0.15, 0.2) is 0 Å². The lowest BCUT2D eigenvalue weighted by molar-refractivity contribution is 0.0467. The molecule has 0 atom stereocenters. The highest BCUT2D eigenvalue weighted by Crippen LogP contribution is 2.20. The molecular formula is C18H19BrFNO4S. The van der Waals surface area contributed by atoms with E-state index in [1.54, 1.807) is 32.0 Å². The number of hydrogen-bond acceptors (Lipinski definition) is 4. The maximum atomic E-state index is 14.0. The molecule has 140 valence electrons. The van der Waals surface area contributed by atoms with E-state index in [0.29, 0.717) is 0 Å². The predicted octanol–water partition coefficient (Wildman–Crippen LogP) is 3.98. The maximum Gasteiger partial charge on any atom is 0.341 e. The molecule has 0 aliphatic heterocycles. The van der Waals surface area contributed by atoms with Gasteiger partial charge in [-0.2, -0.15) is 4.31 Å². The van der Waals surface area contributed by atoms with E-state index < -0.39 is 27.4 Å². The van der Waals surface area contributed by atoms with E-state index in [0.717, 1.165) is 28.2 Å². The standard InChI is InChI=1S/C18H19BrFNO4S/c1-3-21(4-2)26(23,24)15-8-9-17(20)16(11-15)18(22)25-12-13-6-5-7-14(19)10-13/h5-11H,3-4,12H2,1-2H3. The van der Waals surface area contributed by atoms with Crippen LogP contribution >= 0.6 is 15.9 Å². The molecular weight excluding hydrogens is 425 g/mol. The topological polar surface area (TPSA) is 63.7 Å². The summed E-state index contributed by atoms with van der Waals surface area (Å²) in [6.07, 6.45) is 0. The maximum absolute atomic E-state index is 14.0. The van der Waals surface area contributed by atoms with Crippen LogP contribution in [0.3, 0.4) is 0 Å². The zero-order valence-electron chi connectivity index (χ0n) is 14.4. The average molecular weight is 444 g/mol. The third-order valence-electron chi connectivity index (χ3n) is 3.76. The van der Waals surface area contributed by atoms with Crippen LogP contribution in [0.1, 0.15) is 29.8 Å². The molecule has 5 nitrogen and oxygen atoms in total. The van der Waals surface area contributed by atoms with E-state index in [-0.39, 0.29) is 24.6 Å². The fraction of sp³-hybridized carbons (Fsp3) is 0.278. The van der Waals surface area contributed by atoms with Gasteiger partial charge in [-0.3, -0.25) is 0 Å². The number of benzene rings is 2. The van der Waals surface area contributed by atoms with Crippen LogP contribution in [0.4, 0.5) is 4.39 Å². The Hall–Kier alpha value is -1.77. The molecule has 0 bridgehead atoms. The minimum Gasteiger partial charge on any atom is -0.457 e. The van der Waals surface area contributed by atoms with Gasteiger partial charge in [0.1, 0.15) is 12.4 Å². The lowest BCUT2D eigenvalue weighted by atomic mass is 10.2. The minimum atomic E-state index is -3.79. The van der Waals surface area contributed by atoms with E-state index >= 15 is 0 Å². The molecule has 0 aromatic heterocycles. The highest BCUT2D eigenvalue weighted by molar-refractivity contribution is 9.10. The van der Waals surface area contributed by atoms with Crippen LogP contribution in [0.5, 0.6) is 0 Å². The molecule has 0 aliphatic rings. The number of hydrogen-bond donors (Lipinski definition) is 0. The summed E-state index contributed by atoms with van der Waals surface area (Å²) in [5.41, 5.74) is 0.313. The number of nitrogens with zero attached hydrogens (tertiary/aromatic N) is 1. The number of sulfonamides is 1. The van der Waals surface area contributed by atoms with Crippen LogP contribution in [-0.2, 0) is 21.4 Å². The Balaban J connectivity index is 2.25.